The van der Waals surface area contributed by atoms with Crippen molar-refractivity contribution in [2.45, 2.75) is 71.0 Å². The zero-order valence-corrected chi connectivity index (χ0v) is 20.3. The van der Waals surface area contributed by atoms with Gasteiger partial charge in [-0.3, -0.25) is 0 Å². The normalized spacial score (nSPS) is 15.3. The number of anilines is 1. The molecule has 0 spiro atoms. The van der Waals surface area contributed by atoms with E-state index in [-0.39, 0.29) is 5.97 Å². The van der Waals surface area contributed by atoms with Crippen LogP contribution in [0.1, 0.15) is 71.4 Å². The minimum absolute atomic E-state index is 0.318. The van der Waals surface area contributed by atoms with Crippen LogP contribution >= 0.6 is 11.8 Å². The molecule has 32 heavy (non-hydrogen) atoms. The quantitative estimate of drug-likeness (QED) is 0.252. The molecule has 2 aromatic rings. The molecular formula is C24H34N4O3S. The molecule has 1 aromatic heterocycles. The molecule has 1 atom stereocenters. The number of hydrogen-bond acceptors (Lipinski definition) is 7. The predicted octanol–water partition coefficient (Wildman–Crippen LogP) is 5.59. The summed E-state index contributed by atoms with van der Waals surface area (Å²) in [6, 6.07) is 7.45. The molecule has 0 amide bonds. The number of fused-ring (bicyclic) bond motifs is 1. The largest absolute Gasteiger partial charge is 0.494 e. The van der Waals surface area contributed by atoms with E-state index in [9.17, 15) is 4.79 Å². The van der Waals surface area contributed by atoms with Crippen LogP contribution in [-0.2, 0) is 9.53 Å². The van der Waals surface area contributed by atoms with Crippen molar-refractivity contribution in [2.24, 2.45) is 0 Å². The fourth-order valence-electron chi connectivity index (χ4n) is 3.43. The molecule has 3 rings (SSSR count). The van der Waals surface area contributed by atoms with Gasteiger partial charge in [0.15, 0.2) is 0 Å². The van der Waals surface area contributed by atoms with Crippen molar-refractivity contribution in [3.05, 3.63) is 41.1 Å². The van der Waals surface area contributed by atoms with Gasteiger partial charge >= 0.3 is 5.97 Å². The summed E-state index contributed by atoms with van der Waals surface area (Å²) in [5.74, 6) is 2.10. The Balaban J connectivity index is 1.94. The summed E-state index contributed by atoms with van der Waals surface area (Å²) >= 11 is 1.64. The Hall–Kier alpha value is -2.48. The number of allylic oxidation sites excluding steroid dienone is 1. The molecule has 2 heterocycles. The number of hydrogen-bond donors (Lipinski definition) is 1. The van der Waals surface area contributed by atoms with Crippen LogP contribution in [0.2, 0.25) is 0 Å². The van der Waals surface area contributed by atoms with Gasteiger partial charge in [0.25, 0.3) is 0 Å². The van der Waals surface area contributed by atoms with E-state index in [2.05, 4.69) is 31.1 Å². The molecule has 0 radical (unpaired) electrons. The zero-order valence-electron chi connectivity index (χ0n) is 19.5. The van der Waals surface area contributed by atoms with Crippen molar-refractivity contribution in [2.75, 3.05) is 24.3 Å². The summed E-state index contributed by atoms with van der Waals surface area (Å²) < 4.78 is 13.1. The monoisotopic (exact) mass is 458 g/mol. The van der Waals surface area contributed by atoms with Crippen molar-refractivity contribution < 1.29 is 14.3 Å². The second-order valence-electron chi connectivity index (χ2n) is 7.84. The molecule has 0 bridgehead atoms. The first-order valence-electron chi connectivity index (χ1n) is 11.6. The molecule has 1 aliphatic rings. The Bertz CT molecular complexity index is 924. The molecule has 1 aromatic carbocycles. The Labute approximate surface area is 195 Å². The van der Waals surface area contributed by atoms with Gasteiger partial charge in [-0.15, -0.1) is 5.10 Å². The Morgan fingerprint density at radius 1 is 1.09 bits per heavy atom. The maximum atomic E-state index is 13.1. The Morgan fingerprint density at radius 2 is 1.84 bits per heavy atom. The molecule has 174 valence electrons. The molecule has 1 aliphatic heterocycles. The maximum Gasteiger partial charge on any atom is 0.338 e. The van der Waals surface area contributed by atoms with Crippen LogP contribution in [0.15, 0.2) is 40.7 Å². The highest BCUT2D eigenvalue weighted by molar-refractivity contribution is 7.99. The van der Waals surface area contributed by atoms with Gasteiger partial charge in [-0.1, -0.05) is 57.5 Å². The highest BCUT2D eigenvalue weighted by atomic mass is 32.2. The third-order valence-corrected chi connectivity index (χ3v) is 6.11. The van der Waals surface area contributed by atoms with Crippen molar-refractivity contribution in [1.29, 1.82) is 0 Å². The molecule has 8 heteroatoms. The SMILES string of the molecule is CCCCOC(=O)C1=C(C)Nc2nc(SCCCC)nn2C1c1ccc(OCCC)cc1. The lowest BCUT2D eigenvalue weighted by Crippen LogP contribution is -2.29. The van der Waals surface area contributed by atoms with Crippen molar-refractivity contribution in [3.8, 4) is 5.75 Å². The number of aromatic nitrogens is 3. The first kappa shape index (κ1) is 24.2. The van der Waals surface area contributed by atoms with E-state index in [1.807, 2.05) is 31.2 Å². The fourth-order valence-corrected chi connectivity index (χ4v) is 4.34. The van der Waals surface area contributed by atoms with E-state index >= 15 is 0 Å². The van der Waals surface area contributed by atoms with Gasteiger partial charge in [0.1, 0.15) is 11.8 Å². The van der Waals surface area contributed by atoms with E-state index in [1.54, 1.807) is 16.4 Å². The van der Waals surface area contributed by atoms with Crippen LogP contribution in [-0.4, -0.2) is 39.7 Å². The maximum absolute atomic E-state index is 13.1. The third kappa shape index (κ3) is 5.85. The third-order valence-electron chi connectivity index (χ3n) is 5.18. The highest BCUT2D eigenvalue weighted by Gasteiger charge is 2.35. The first-order valence-corrected chi connectivity index (χ1v) is 12.5. The van der Waals surface area contributed by atoms with Gasteiger partial charge in [-0.25, -0.2) is 9.48 Å². The fraction of sp³-hybridized carbons (Fsp3) is 0.542. The molecule has 0 fully saturated rings. The predicted molar refractivity (Wildman–Crippen MR) is 128 cm³/mol. The van der Waals surface area contributed by atoms with Crippen LogP contribution in [0.3, 0.4) is 0 Å². The van der Waals surface area contributed by atoms with Gasteiger partial charge in [0, 0.05) is 11.4 Å². The van der Waals surface area contributed by atoms with Gasteiger partial charge in [-0.2, -0.15) is 4.98 Å². The number of esters is 1. The zero-order chi connectivity index (χ0) is 22.9. The van der Waals surface area contributed by atoms with Crippen molar-refractivity contribution in [1.82, 2.24) is 14.8 Å². The molecule has 7 nitrogen and oxygen atoms in total. The summed E-state index contributed by atoms with van der Waals surface area (Å²) in [6.07, 6.45) is 5.00. The number of thioether (sulfide) groups is 1. The summed E-state index contributed by atoms with van der Waals surface area (Å²) in [6.45, 7) is 9.30. The highest BCUT2D eigenvalue weighted by Crippen LogP contribution is 2.37. The van der Waals surface area contributed by atoms with Gasteiger partial charge in [0.2, 0.25) is 11.1 Å². The lowest BCUT2D eigenvalue weighted by molar-refractivity contribution is -0.139. The van der Waals surface area contributed by atoms with Crippen LogP contribution in [0, 0.1) is 0 Å². The number of carbonyl (C=O) groups is 1. The van der Waals surface area contributed by atoms with Gasteiger partial charge < -0.3 is 14.8 Å². The van der Waals surface area contributed by atoms with E-state index in [1.165, 1.54) is 0 Å². The average Bonchev–Trinajstić information content (AvgIpc) is 3.19. The van der Waals surface area contributed by atoms with Crippen LogP contribution < -0.4 is 10.1 Å². The smallest absolute Gasteiger partial charge is 0.338 e. The van der Waals surface area contributed by atoms with Gasteiger partial charge in [0.05, 0.1) is 18.8 Å². The lowest BCUT2D eigenvalue weighted by atomic mass is 9.96. The second kappa shape index (κ2) is 11.9. The summed E-state index contributed by atoms with van der Waals surface area (Å²) in [5.41, 5.74) is 2.24. The summed E-state index contributed by atoms with van der Waals surface area (Å²) in [4.78, 5) is 17.8. The topological polar surface area (TPSA) is 78.3 Å². The summed E-state index contributed by atoms with van der Waals surface area (Å²) in [7, 11) is 0. The molecule has 0 saturated carbocycles. The van der Waals surface area contributed by atoms with Crippen molar-refractivity contribution in [3.63, 3.8) is 0 Å². The summed E-state index contributed by atoms with van der Waals surface area (Å²) in [5, 5.41) is 8.72. The number of unbranched alkanes of at least 4 members (excludes halogenated alkanes) is 2. The molecule has 0 aliphatic carbocycles. The Kier molecular flexibility index (Phi) is 9.02. The molecular weight excluding hydrogens is 424 g/mol. The molecule has 1 N–H and O–H groups in total. The van der Waals surface area contributed by atoms with E-state index in [0.717, 1.165) is 54.9 Å². The van der Waals surface area contributed by atoms with E-state index in [0.29, 0.717) is 29.9 Å². The van der Waals surface area contributed by atoms with Crippen LogP contribution in [0.4, 0.5) is 5.95 Å². The minimum Gasteiger partial charge on any atom is -0.494 e. The number of carbonyl (C=O) groups excluding carboxylic acids is 1. The standard InChI is InChI=1S/C24H34N4O3S/c1-5-8-15-31-22(29)20-17(4)25-23-26-24(32-16-9-6-2)27-28(23)21(20)18-10-12-19(13-11-18)30-14-7-3/h10-13,21H,5-9,14-16H2,1-4H3,(H,25,26,27). The van der Waals surface area contributed by atoms with Crippen molar-refractivity contribution >= 4 is 23.7 Å². The number of nitrogens with one attached hydrogen (secondary N) is 1. The lowest BCUT2D eigenvalue weighted by Gasteiger charge is -2.28. The number of rotatable bonds is 12. The number of benzene rings is 1. The van der Waals surface area contributed by atoms with Crippen LogP contribution in [0.5, 0.6) is 5.75 Å². The first-order chi connectivity index (χ1) is 15.6. The average molecular weight is 459 g/mol. The Morgan fingerprint density at radius 3 is 2.53 bits per heavy atom. The number of nitrogens with zero attached hydrogens (tertiary/aromatic N) is 3. The minimum atomic E-state index is -0.409. The van der Waals surface area contributed by atoms with Crippen LogP contribution in [0.25, 0.3) is 0 Å². The van der Waals surface area contributed by atoms with Gasteiger partial charge in [-0.05, 0) is 43.9 Å². The number of ether oxygens (including phenoxy) is 2. The molecule has 1 unspecified atom stereocenters. The molecule has 0 saturated heterocycles. The van der Waals surface area contributed by atoms with E-state index in [4.69, 9.17) is 14.6 Å². The van der Waals surface area contributed by atoms with E-state index < -0.39 is 6.04 Å². The second-order valence-corrected chi connectivity index (χ2v) is 8.90.